The van der Waals surface area contributed by atoms with Crippen molar-refractivity contribution in [1.29, 1.82) is 0 Å². The van der Waals surface area contributed by atoms with E-state index in [0.717, 1.165) is 30.2 Å². The minimum Gasteiger partial charge on any atom is -0.478 e. The molecule has 0 aliphatic carbocycles. The molecule has 0 aromatic carbocycles. The number of hydrogen-bond acceptors (Lipinski definition) is 3. The first kappa shape index (κ1) is 14.4. The Bertz CT molecular complexity index is 437. The largest absolute Gasteiger partial charge is 0.478 e. The molecule has 0 saturated carbocycles. The van der Waals surface area contributed by atoms with Crippen LogP contribution in [0.4, 0.5) is 0 Å². The number of hydrogen-bond donors (Lipinski definition) is 2. The van der Waals surface area contributed by atoms with Gasteiger partial charge in [-0.05, 0) is 24.6 Å². The van der Waals surface area contributed by atoms with Crippen molar-refractivity contribution in [3.8, 4) is 0 Å². The van der Waals surface area contributed by atoms with E-state index in [1.807, 2.05) is 0 Å². The zero-order valence-corrected chi connectivity index (χ0v) is 11.1. The highest BCUT2D eigenvalue weighted by Gasteiger charge is 2.07. The van der Waals surface area contributed by atoms with E-state index >= 15 is 0 Å². The fourth-order valence-corrected chi connectivity index (χ4v) is 2.21. The predicted molar refractivity (Wildman–Crippen MR) is 72.8 cm³/mol. The molecule has 1 amide bonds. The molecule has 0 aliphatic rings. The van der Waals surface area contributed by atoms with Crippen LogP contribution in [0.25, 0.3) is 6.08 Å². The first-order valence-corrected chi connectivity index (χ1v) is 6.74. The van der Waals surface area contributed by atoms with Gasteiger partial charge in [-0.3, -0.25) is 4.79 Å². The van der Waals surface area contributed by atoms with Crippen molar-refractivity contribution < 1.29 is 14.7 Å². The summed E-state index contributed by atoms with van der Waals surface area (Å²) in [5.74, 6) is -1.08. The normalized spacial score (nSPS) is 10.7. The smallest absolute Gasteiger partial charge is 0.328 e. The highest BCUT2D eigenvalue weighted by atomic mass is 32.1. The fourth-order valence-electron chi connectivity index (χ4n) is 1.38. The monoisotopic (exact) mass is 267 g/mol. The molecule has 98 valence electrons. The Balaban J connectivity index is 2.46. The second-order valence-electron chi connectivity index (χ2n) is 3.84. The van der Waals surface area contributed by atoms with Crippen LogP contribution in [0.2, 0.25) is 0 Å². The van der Waals surface area contributed by atoms with E-state index in [0.29, 0.717) is 11.4 Å². The summed E-state index contributed by atoms with van der Waals surface area (Å²) < 4.78 is 0. The third-order valence-electron chi connectivity index (χ3n) is 2.31. The Labute approximate surface area is 110 Å². The van der Waals surface area contributed by atoms with Gasteiger partial charge < -0.3 is 10.4 Å². The van der Waals surface area contributed by atoms with Gasteiger partial charge in [-0.2, -0.15) is 0 Å². The van der Waals surface area contributed by atoms with Gasteiger partial charge in [-0.1, -0.05) is 19.8 Å². The van der Waals surface area contributed by atoms with Crippen LogP contribution < -0.4 is 5.32 Å². The van der Waals surface area contributed by atoms with Crippen LogP contribution in [0.1, 0.15) is 40.7 Å². The highest BCUT2D eigenvalue weighted by Crippen LogP contribution is 2.17. The molecule has 18 heavy (non-hydrogen) atoms. The SMILES string of the molecule is CCCCCNC(=O)c1ccc(C=CC(=O)O)s1. The molecule has 0 bridgehead atoms. The number of aliphatic carboxylic acids is 1. The molecule has 0 fully saturated rings. The Morgan fingerprint density at radius 2 is 2.17 bits per heavy atom. The maximum atomic E-state index is 11.7. The number of unbranched alkanes of at least 4 members (excludes halogenated alkanes) is 2. The van der Waals surface area contributed by atoms with Crippen molar-refractivity contribution in [2.75, 3.05) is 6.54 Å². The van der Waals surface area contributed by atoms with Crippen LogP contribution in [0.3, 0.4) is 0 Å². The van der Waals surface area contributed by atoms with Gasteiger partial charge in [-0.15, -0.1) is 11.3 Å². The van der Waals surface area contributed by atoms with Gasteiger partial charge in [0.05, 0.1) is 4.88 Å². The Hall–Kier alpha value is -1.62. The molecule has 1 heterocycles. The minimum atomic E-state index is -0.992. The number of nitrogens with one attached hydrogen (secondary N) is 1. The van der Waals surface area contributed by atoms with Gasteiger partial charge in [0.25, 0.3) is 5.91 Å². The molecule has 2 N–H and O–H groups in total. The van der Waals surface area contributed by atoms with Gasteiger partial charge in [0, 0.05) is 17.5 Å². The average Bonchev–Trinajstić information content (AvgIpc) is 2.80. The lowest BCUT2D eigenvalue weighted by atomic mass is 10.2. The van der Waals surface area contributed by atoms with Crippen LogP contribution in [-0.2, 0) is 4.79 Å². The molecule has 5 heteroatoms. The summed E-state index contributed by atoms with van der Waals surface area (Å²) in [6, 6.07) is 3.45. The highest BCUT2D eigenvalue weighted by molar-refractivity contribution is 7.14. The summed E-state index contributed by atoms with van der Waals surface area (Å²) in [4.78, 5) is 23.4. The van der Waals surface area contributed by atoms with E-state index in [4.69, 9.17) is 5.11 Å². The zero-order valence-electron chi connectivity index (χ0n) is 10.3. The fraction of sp³-hybridized carbons (Fsp3) is 0.385. The van der Waals surface area contributed by atoms with Crippen molar-refractivity contribution in [2.45, 2.75) is 26.2 Å². The number of thiophene rings is 1. The van der Waals surface area contributed by atoms with E-state index in [2.05, 4.69) is 12.2 Å². The predicted octanol–water partition coefficient (Wildman–Crippen LogP) is 2.77. The van der Waals surface area contributed by atoms with Gasteiger partial charge in [0.1, 0.15) is 0 Å². The summed E-state index contributed by atoms with van der Waals surface area (Å²) >= 11 is 1.28. The van der Waals surface area contributed by atoms with Crippen LogP contribution in [0.15, 0.2) is 18.2 Å². The summed E-state index contributed by atoms with van der Waals surface area (Å²) in [6.45, 7) is 2.80. The van der Waals surface area contributed by atoms with Crippen molar-refractivity contribution in [1.82, 2.24) is 5.32 Å². The van der Waals surface area contributed by atoms with E-state index in [-0.39, 0.29) is 5.91 Å². The van der Waals surface area contributed by atoms with Gasteiger partial charge in [-0.25, -0.2) is 4.79 Å². The van der Waals surface area contributed by atoms with Gasteiger partial charge in [0.15, 0.2) is 0 Å². The zero-order chi connectivity index (χ0) is 13.4. The van der Waals surface area contributed by atoms with Crippen LogP contribution in [0.5, 0.6) is 0 Å². The number of carbonyl (C=O) groups excluding carboxylic acids is 1. The summed E-state index contributed by atoms with van der Waals surface area (Å²) in [5.41, 5.74) is 0. The molecular weight excluding hydrogens is 250 g/mol. The molecule has 1 aromatic rings. The first-order chi connectivity index (χ1) is 8.63. The Morgan fingerprint density at radius 1 is 1.39 bits per heavy atom. The van der Waals surface area contributed by atoms with E-state index in [1.54, 1.807) is 12.1 Å². The second-order valence-corrected chi connectivity index (χ2v) is 4.95. The lowest BCUT2D eigenvalue weighted by Crippen LogP contribution is -2.23. The number of amides is 1. The molecule has 1 rings (SSSR count). The van der Waals surface area contributed by atoms with E-state index < -0.39 is 5.97 Å². The first-order valence-electron chi connectivity index (χ1n) is 5.92. The molecule has 1 aromatic heterocycles. The molecule has 0 atom stereocenters. The van der Waals surface area contributed by atoms with Gasteiger partial charge >= 0.3 is 5.97 Å². The molecule has 0 aliphatic heterocycles. The number of carboxylic acids is 1. The van der Waals surface area contributed by atoms with Crippen LogP contribution >= 0.6 is 11.3 Å². The van der Waals surface area contributed by atoms with Gasteiger partial charge in [0.2, 0.25) is 0 Å². The quantitative estimate of drug-likeness (QED) is 0.589. The number of carbonyl (C=O) groups is 2. The lowest BCUT2D eigenvalue weighted by Gasteiger charge is -2.01. The van der Waals surface area contributed by atoms with Crippen LogP contribution in [0, 0.1) is 0 Å². The summed E-state index contributed by atoms with van der Waals surface area (Å²) in [6.07, 6.45) is 5.77. The molecule has 0 unspecified atom stereocenters. The molecule has 0 saturated heterocycles. The lowest BCUT2D eigenvalue weighted by molar-refractivity contribution is -0.131. The average molecular weight is 267 g/mol. The minimum absolute atomic E-state index is 0.0916. The van der Waals surface area contributed by atoms with Crippen molar-refractivity contribution in [3.63, 3.8) is 0 Å². The van der Waals surface area contributed by atoms with Crippen molar-refractivity contribution in [3.05, 3.63) is 28.0 Å². The maximum Gasteiger partial charge on any atom is 0.328 e. The number of rotatable bonds is 7. The third kappa shape index (κ3) is 5.14. The Kier molecular flexibility index (Phi) is 6.14. The van der Waals surface area contributed by atoms with Crippen molar-refractivity contribution in [2.24, 2.45) is 0 Å². The second kappa shape index (κ2) is 7.66. The molecule has 0 spiro atoms. The van der Waals surface area contributed by atoms with E-state index in [1.165, 1.54) is 17.4 Å². The molecular formula is C13H17NO3S. The topological polar surface area (TPSA) is 66.4 Å². The summed E-state index contributed by atoms with van der Waals surface area (Å²) in [7, 11) is 0. The molecule has 0 radical (unpaired) electrons. The number of carboxylic acid groups (broad SMARTS) is 1. The maximum absolute atomic E-state index is 11.7. The third-order valence-corrected chi connectivity index (χ3v) is 3.36. The van der Waals surface area contributed by atoms with Crippen molar-refractivity contribution >= 4 is 29.3 Å². The standard InChI is InChI=1S/C13H17NO3S/c1-2-3-4-9-14-13(17)11-7-5-10(18-11)6-8-12(15)16/h5-8H,2-4,9H2,1H3,(H,14,17)(H,15,16). The van der Waals surface area contributed by atoms with Crippen LogP contribution in [-0.4, -0.2) is 23.5 Å². The van der Waals surface area contributed by atoms with E-state index in [9.17, 15) is 9.59 Å². The molecule has 4 nitrogen and oxygen atoms in total. The summed E-state index contributed by atoms with van der Waals surface area (Å²) in [5, 5.41) is 11.3. The Morgan fingerprint density at radius 3 is 2.83 bits per heavy atom.